The van der Waals surface area contributed by atoms with Crippen LogP contribution in [-0.2, 0) is 0 Å². The van der Waals surface area contributed by atoms with Crippen LogP contribution in [-0.4, -0.2) is 24.5 Å². The van der Waals surface area contributed by atoms with Crippen LogP contribution in [0, 0.1) is 10.1 Å². The first-order valence-electron chi connectivity index (χ1n) is 7.02. The summed E-state index contributed by atoms with van der Waals surface area (Å²) in [5.41, 5.74) is -0.0883. The number of benzene rings is 2. The van der Waals surface area contributed by atoms with Crippen LogP contribution in [0.15, 0.2) is 36.4 Å². The lowest BCUT2D eigenvalue weighted by molar-refractivity contribution is -0.385. The molecule has 7 nitrogen and oxygen atoms in total. The number of halogens is 1. The van der Waals surface area contributed by atoms with Gasteiger partial charge in [-0.2, -0.15) is 0 Å². The summed E-state index contributed by atoms with van der Waals surface area (Å²) in [7, 11) is 1.37. The van der Waals surface area contributed by atoms with Gasteiger partial charge in [0.2, 0.25) is 0 Å². The normalized spacial score (nSPS) is 10.1. The molecule has 0 aliphatic carbocycles. The molecule has 0 aromatic heterocycles. The minimum Gasteiger partial charge on any atom is -0.493 e. The third-order valence-corrected chi connectivity index (χ3v) is 3.34. The first kappa shape index (κ1) is 17.6. The van der Waals surface area contributed by atoms with Crippen LogP contribution in [0.1, 0.15) is 17.3 Å². The van der Waals surface area contributed by atoms with Crippen LogP contribution < -0.4 is 14.8 Å². The van der Waals surface area contributed by atoms with Crippen molar-refractivity contribution in [3.63, 3.8) is 0 Å². The second-order valence-corrected chi connectivity index (χ2v) is 5.11. The van der Waals surface area contributed by atoms with Gasteiger partial charge in [-0.25, -0.2) is 0 Å². The Balaban J connectivity index is 2.44. The Morgan fingerprint density at radius 2 is 2.04 bits per heavy atom. The van der Waals surface area contributed by atoms with Gasteiger partial charge in [0.1, 0.15) is 5.56 Å². The maximum absolute atomic E-state index is 12.5. The van der Waals surface area contributed by atoms with Gasteiger partial charge in [-0.1, -0.05) is 17.7 Å². The van der Waals surface area contributed by atoms with Gasteiger partial charge < -0.3 is 14.8 Å². The Labute approximate surface area is 143 Å². The van der Waals surface area contributed by atoms with Crippen molar-refractivity contribution in [2.24, 2.45) is 0 Å². The smallest absolute Gasteiger partial charge is 0.286 e. The highest BCUT2D eigenvalue weighted by molar-refractivity contribution is 6.31. The van der Waals surface area contributed by atoms with Crippen LogP contribution in [0.5, 0.6) is 11.5 Å². The number of nitro groups is 1. The number of amides is 1. The summed E-state index contributed by atoms with van der Waals surface area (Å²) < 4.78 is 10.5. The molecule has 2 aromatic rings. The second kappa shape index (κ2) is 7.65. The predicted molar refractivity (Wildman–Crippen MR) is 90.2 cm³/mol. The fraction of sp³-hybridized carbons (Fsp3) is 0.188. The summed E-state index contributed by atoms with van der Waals surface area (Å²) in [6, 6.07) is 8.94. The van der Waals surface area contributed by atoms with Crippen molar-refractivity contribution in [1.29, 1.82) is 0 Å². The number of carbonyl (C=O) groups is 1. The molecule has 0 bridgehead atoms. The minimum absolute atomic E-state index is 0.135. The van der Waals surface area contributed by atoms with Gasteiger partial charge in [0.05, 0.1) is 24.7 Å². The molecule has 0 atom stereocenters. The number of rotatable bonds is 6. The molecule has 24 heavy (non-hydrogen) atoms. The molecule has 0 aliphatic heterocycles. The lowest BCUT2D eigenvalue weighted by Crippen LogP contribution is -2.14. The van der Waals surface area contributed by atoms with Crippen molar-refractivity contribution in [2.75, 3.05) is 19.0 Å². The van der Waals surface area contributed by atoms with E-state index in [2.05, 4.69) is 5.32 Å². The molecule has 0 fully saturated rings. The average molecular weight is 351 g/mol. The molecule has 1 amide bonds. The van der Waals surface area contributed by atoms with E-state index in [1.165, 1.54) is 19.2 Å². The largest absolute Gasteiger partial charge is 0.493 e. The standard InChI is InChI=1S/C16H15ClN2O5/c1-3-24-15-8-12(13(19(21)22)9-14(15)23-2)16(20)18-11-6-4-5-10(17)7-11/h4-9H,3H2,1-2H3,(H,18,20). The third kappa shape index (κ3) is 3.94. The van der Waals surface area contributed by atoms with Crippen molar-refractivity contribution in [1.82, 2.24) is 0 Å². The molecule has 2 rings (SSSR count). The van der Waals surface area contributed by atoms with E-state index < -0.39 is 10.8 Å². The number of nitrogens with zero attached hydrogens (tertiary/aromatic N) is 1. The molecule has 0 unspecified atom stereocenters. The van der Waals surface area contributed by atoms with Crippen molar-refractivity contribution < 1.29 is 19.2 Å². The molecule has 8 heteroatoms. The van der Waals surface area contributed by atoms with Crippen LogP contribution in [0.2, 0.25) is 5.02 Å². The molecule has 126 valence electrons. The quantitative estimate of drug-likeness (QED) is 0.630. The van der Waals surface area contributed by atoms with Gasteiger partial charge in [0, 0.05) is 16.8 Å². The zero-order chi connectivity index (χ0) is 17.7. The van der Waals surface area contributed by atoms with E-state index in [1.807, 2.05) is 0 Å². The lowest BCUT2D eigenvalue weighted by atomic mass is 10.1. The zero-order valence-electron chi connectivity index (χ0n) is 13.0. The van der Waals surface area contributed by atoms with E-state index >= 15 is 0 Å². The van der Waals surface area contributed by atoms with Crippen molar-refractivity contribution >= 4 is 28.9 Å². The molecular weight excluding hydrogens is 336 g/mol. The summed E-state index contributed by atoms with van der Waals surface area (Å²) in [6.45, 7) is 2.08. The van der Waals surface area contributed by atoms with Gasteiger partial charge in [-0.3, -0.25) is 14.9 Å². The highest BCUT2D eigenvalue weighted by Gasteiger charge is 2.24. The topological polar surface area (TPSA) is 90.7 Å². The van der Waals surface area contributed by atoms with E-state index in [0.29, 0.717) is 17.3 Å². The maximum atomic E-state index is 12.5. The van der Waals surface area contributed by atoms with E-state index in [0.717, 1.165) is 6.07 Å². The highest BCUT2D eigenvalue weighted by Crippen LogP contribution is 2.35. The number of hydrogen-bond acceptors (Lipinski definition) is 5. The lowest BCUT2D eigenvalue weighted by Gasteiger charge is -2.12. The van der Waals surface area contributed by atoms with Crippen molar-refractivity contribution in [3.8, 4) is 11.5 Å². The molecule has 1 N–H and O–H groups in total. The number of methoxy groups -OCH3 is 1. The number of anilines is 1. The zero-order valence-corrected chi connectivity index (χ0v) is 13.8. The summed E-state index contributed by atoms with van der Waals surface area (Å²) >= 11 is 5.87. The Hall–Kier alpha value is -2.80. The SMILES string of the molecule is CCOc1cc(C(=O)Nc2cccc(Cl)c2)c([N+](=O)[O-])cc1OC. The molecule has 0 saturated heterocycles. The Morgan fingerprint density at radius 3 is 2.62 bits per heavy atom. The van der Waals surface area contributed by atoms with Crippen LogP contribution >= 0.6 is 11.6 Å². The number of nitro benzene ring substituents is 1. The molecule has 0 heterocycles. The van der Waals surface area contributed by atoms with Gasteiger partial charge in [-0.05, 0) is 25.1 Å². The molecule has 0 saturated carbocycles. The van der Waals surface area contributed by atoms with Crippen LogP contribution in [0.25, 0.3) is 0 Å². The van der Waals surface area contributed by atoms with Crippen molar-refractivity contribution in [2.45, 2.75) is 6.92 Å². The Morgan fingerprint density at radius 1 is 1.29 bits per heavy atom. The van der Waals surface area contributed by atoms with E-state index in [9.17, 15) is 14.9 Å². The maximum Gasteiger partial charge on any atom is 0.286 e. The van der Waals surface area contributed by atoms with Crippen molar-refractivity contribution in [3.05, 3.63) is 57.1 Å². The predicted octanol–water partition coefficient (Wildman–Crippen LogP) is 3.91. The third-order valence-electron chi connectivity index (χ3n) is 3.11. The highest BCUT2D eigenvalue weighted by atomic mass is 35.5. The summed E-state index contributed by atoms with van der Waals surface area (Å²) in [5.74, 6) is -0.211. The molecule has 0 spiro atoms. The summed E-state index contributed by atoms with van der Waals surface area (Å²) in [5, 5.41) is 14.3. The van der Waals surface area contributed by atoms with Gasteiger partial charge in [0.25, 0.3) is 11.6 Å². The molecular formula is C16H15ClN2O5. The first-order valence-corrected chi connectivity index (χ1v) is 7.40. The van der Waals surface area contributed by atoms with E-state index in [-0.39, 0.29) is 22.7 Å². The Kier molecular flexibility index (Phi) is 5.59. The molecule has 0 aliphatic rings. The number of hydrogen-bond donors (Lipinski definition) is 1. The number of nitrogens with one attached hydrogen (secondary N) is 1. The second-order valence-electron chi connectivity index (χ2n) is 4.67. The van der Waals surface area contributed by atoms with Crippen LogP contribution in [0.4, 0.5) is 11.4 Å². The molecule has 0 radical (unpaired) electrons. The monoisotopic (exact) mass is 350 g/mol. The minimum atomic E-state index is -0.648. The van der Waals surface area contributed by atoms with Gasteiger partial charge in [-0.15, -0.1) is 0 Å². The average Bonchev–Trinajstić information content (AvgIpc) is 2.54. The fourth-order valence-corrected chi connectivity index (χ4v) is 2.26. The fourth-order valence-electron chi connectivity index (χ4n) is 2.07. The molecule has 2 aromatic carbocycles. The summed E-state index contributed by atoms with van der Waals surface area (Å²) in [4.78, 5) is 23.1. The Bertz CT molecular complexity index is 779. The number of carbonyl (C=O) groups excluding carboxylic acids is 1. The summed E-state index contributed by atoms with van der Waals surface area (Å²) in [6.07, 6.45) is 0. The van der Waals surface area contributed by atoms with E-state index in [1.54, 1.807) is 25.1 Å². The first-order chi connectivity index (χ1) is 11.5. The van der Waals surface area contributed by atoms with Crippen LogP contribution in [0.3, 0.4) is 0 Å². The van der Waals surface area contributed by atoms with E-state index in [4.69, 9.17) is 21.1 Å². The number of ether oxygens (including phenoxy) is 2. The van der Waals surface area contributed by atoms with Gasteiger partial charge in [0.15, 0.2) is 11.5 Å². The van der Waals surface area contributed by atoms with Gasteiger partial charge >= 0.3 is 0 Å².